The van der Waals surface area contributed by atoms with E-state index in [1.165, 1.54) is 31.6 Å². The fraction of sp³-hybridized carbons (Fsp3) is 0.355. The van der Waals surface area contributed by atoms with Gasteiger partial charge in [0.2, 0.25) is 11.7 Å². The number of carbonyl (C=O) groups is 2. The molecule has 4 heterocycles. The van der Waals surface area contributed by atoms with E-state index in [1.54, 1.807) is 32.5 Å². The number of piperidine rings is 1. The Bertz CT molecular complexity index is 1720. The highest BCUT2D eigenvalue weighted by Crippen LogP contribution is 2.32. The second-order valence-electron chi connectivity index (χ2n) is 11.0. The van der Waals surface area contributed by atoms with Crippen LogP contribution in [0.5, 0.6) is 5.75 Å². The minimum Gasteiger partial charge on any atom is -0.494 e. The second kappa shape index (κ2) is 12.2. The van der Waals surface area contributed by atoms with Crippen LogP contribution in [-0.4, -0.2) is 93.6 Å². The number of fused-ring (bicyclic) bond motifs is 1. The Kier molecular flexibility index (Phi) is 8.15. The van der Waals surface area contributed by atoms with Gasteiger partial charge in [-0.05, 0) is 55.8 Å². The average molecular weight is 606 g/mol. The van der Waals surface area contributed by atoms with E-state index in [1.807, 2.05) is 13.0 Å². The molecule has 0 radical (unpaired) electrons. The number of ether oxygens (including phenoxy) is 1. The van der Waals surface area contributed by atoms with Crippen molar-refractivity contribution in [3.05, 3.63) is 71.7 Å². The van der Waals surface area contributed by atoms with Crippen molar-refractivity contribution < 1.29 is 28.2 Å². The molecule has 4 aromatic rings. The Morgan fingerprint density at radius 1 is 1.07 bits per heavy atom. The number of anilines is 2. The van der Waals surface area contributed by atoms with E-state index in [0.717, 1.165) is 5.56 Å². The summed E-state index contributed by atoms with van der Waals surface area (Å²) < 4.78 is 35.7. The molecule has 11 nitrogen and oxygen atoms in total. The molecule has 6 rings (SSSR count). The highest BCUT2D eigenvalue weighted by Gasteiger charge is 2.34. The number of aliphatic hydroxyl groups is 1. The number of hydrogen-bond donors (Lipinski definition) is 3. The van der Waals surface area contributed by atoms with Crippen LogP contribution in [0, 0.1) is 24.5 Å². The van der Waals surface area contributed by atoms with Gasteiger partial charge in [0.05, 0.1) is 31.0 Å². The first-order valence-electron chi connectivity index (χ1n) is 14.5. The van der Waals surface area contributed by atoms with Crippen LogP contribution >= 0.6 is 0 Å². The lowest BCUT2D eigenvalue weighted by Gasteiger charge is -2.38. The molecule has 230 valence electrons. The number of aryl methyl sites for hydroxylation is 1. The third-order valence-electron chi connectivity index (χ3n) is 8.34. The van der Waals surface area contributed by atoms with Crippen molar-refractivity contribution in [1.29, 1.82) is 0 Å². The summed E-state index contributed by atoms with van der Waals surface area (Å²) in [5.41, 5.74) is 2.75. The van der Waals surface area contributed by atoms with Crippen molar-refractivity contribution in [3.8, 4) is 17.0 Å². The van der Waals surface area contributed by atoms with Crippen LogP contribution in [-0.2, 0) is 4.79 Å². The van der Waals surface area contributed by atoms with Gasteiger partial charge in [0.15, 0.2) is 23.0 Å². The number of β-amino-alcohol motifs (C(OH)–C–C–N with tert-alkyl or cyclic N) is 1. The summed E-state index contributed by atoms with van der Waals surface area (Å²) in [5, 5.41) is 16.5. The molecule has 2 aromatic carbocycles. The molecule has 0 spiro atoms. The summed E-state index contributed by atoms with van der Waals surface area (Å²) in [4.78, 5) is 38.6. The number of rotatable bonds is 6. The first-order chi connectivity index (χ1) is 21.3. The van der Waals surface area contributed by atoms with Crippen LogP contribution in [0.15, 0.2) is 48.9 Å². The Hall–Kier alpha value is -4.62. The standard InChI is InChI=1S/C31H33F2N7O4/c1-18-15-19(3-4-20(18)30(42)38-11-13-39(14-12-38)31(43)22-7-8-34-17-24(22)41)37-28-29-36-16-23(40(29)10-9-35-28)21-5-6-25(44-2)27(33)26(21)32/h3-6,9-10,15-16,22,24,34,41H,7-8,11-14,17H2,1-2H3,(H,35,37)/t22?,24-/m0/s1. The quantitative estimate of drug-likeness (QED) is 0.307. The molecule has 13 heteroatoms. The van der Waals surface area contributed by atoms with E-state index >= 15 is 0 Å². The van der Waals surface area contributed by atoms with E-state index in [-0.39, 0.29) is 23.1 Å². The number of nitrogens with one attached hydrogen (secondary N) is 2. The van der Waals surface area contributed by atoms with Crippen molar-refractivity contribution in [2.45, 2.75) is 19.4 Å². The van der Waals surface area contributed by atoms with Gasteiger partial charge in [-0.25, -0.2) is 14.4 Å². The highest BCUT2D eigenvalue weighted by atomic mass is 19.2. The van der Waals surface area contributed by atoms with E-state index in [2.05, 4.69) is 20.6 Å². The van der Waals surface area contributed by atoms with Crippen LogP contribution in [0.3, 0.4) is 0 Å². The van der Waals surface area contributed by atoms with E-state index in [0.29, 0.717) is 74.1 Å². The van der Waals surface area contributed by atoms with Gasteiger partial charge in [-0.3, -0.25) is 14.0 Å². The van der Waals surface area contributed by atoms with Crippen molar-refractivity contribution in [2.75, 3.05) is 51.7 Å². The number of methoxy groups -OCH3 is 1. The lowest BCUT2D eigenvalue weighted by Crippen LogP contribution is -2.55. The molecule has 0 saturated carbocycles. The number of aromatic nitrogens is 3. The molecule has 2 fully saturated rings. The van der Waals surface area contributed by atoms with Crippen molar-refractivity contribution >= 4 is 29.0 Å². The summed E-state index contributed by atoms with van der Waals surface area (Å²) in [5.74, 6) is -2.48. The topological polar surface area (TPSA) is 124 Å². The number of imidazole rings is 1. The third kappa shape index (κ3) is 5.44. The molecule has 0 aliphatic carbocycles. The van der Waals surface area contributed by atoms with E-state index in [9.17, 15) is 23.5 Å². The molecular weight excluding hydrogens is 572 g/mol. The van der Waals surface area contributed by atoms with Crippen LogP contribution in [0.4, 0.5) is 20.3 Å². The zero-order chi connectivity index (χ0) is 31.0. The van der Waals surface area contributed by atoms with Crippen LogP contribution in [0.2, 0.25) is 0 Å². The Labute approximate surface area is 252 Å². The minimum absolute atomic E-state index is 0.0285. The van der Waals surface area contributed by atoms with E-state index < -0.39 is 23.7 Å². The highest BCUT2D eigenvalue weighted by molar-refractivity contribution is 5.96. The van der Waals surface area contributed by atoms with Gasteiger partial charge in [-0.15, -0.1) is 0 Å². The summed E-state index contributed by atoms with van der Waals surface area (Å²) in [7, 11) is 1.27. The number of piperazine rings is 1. The van der Waals surface area contributed by atoms with Crippen molar-refractivity contribution in [2.24, 2.45) is 5.92 Å². The van der Waals surface area contributed by atoms with Crippen LogP contribution < -0.4 is 15.4 Å². The molecule has 2 atom stereocenters. The molecule has 2 amide bonds. The SMILES string of the molecule is COc1ccc(-c2cnc3c(Nc4ccc(C(=O)N5CCN(C(=O)C6CCNC[C@@H]6O)CC5)c(C)c4)nccn23)c(F)c1F. The molecule has 2 saturated heterocycles. The maximum Gasteiger partial charge on any atom is 0.254 e. The summed E-state index contributed by atoms with van der Waals surface area (Å²) in [6.45, 7) is 4.65. The number of benzene rings is 2. The van der Waals surface area contributed by atoms with Crippen LogP contribution in [0.1, 0.15) is 22.3 Å². The van der Waals surface area contributed by atoms with Gasteiger partial charge < -0.3 is 30.3 Å². The van der Waals surface area contributed by atoms with Crippen molar-refractivity contribution in [1.82, 2.24) is 29.5 Å². The summed E-state index contributed by atoms with van der Waals surface area (Å²) in [6.07, 6.45) is 4.50. The predicted octanol–water partition coefficient (Wildman–Crippen LogP) is 2.99. The first-order valence-corrected chi connectivity index (χ1v) is 14.5. The number of aliphatic hydroxyl groups excluding tert-OH is 1. The zero-order valence-corrected chi connectivity index (χ0v) is 24.4. The lowest BCUT2D eigenvalue weighted by molar-refractivity contribution is -0.141. The van der Waals surface area contributed by atoms with E-state index in [4.69, 9.17) is 4.74 Å². The van der Waals surface area contributed by atoms with Gasteiger partial charge in [0.25, 0.3) is 5.91 Å². The molecule has 44 heavy (non-hydrogen) atoms. The third-order valence-corrected chi connectivity index (χ3v) is 8.34. The first kappa shape index (κ1) is 29.5. The normalized spacial score (nSPS) is 18.8. The Morgan fingerprint density at radius 2 is 1.84 bits per heavy atom. The van der Waals surface area contributed by atoms with Gasteiger partial charge in [-0.2, -0.15) is 4.39 Å². The maximum atomic E-state index is 14.8. The number of halogens is 2. The number of carbonyl (C=O) groups excluding carboxylic acids is 2. The largest absolute Gasteiger partial charge is 0.494 e. The van der Waals surface area contributed by atoms with Gasteiger partial charge >= 0.3 is 0 Å². The molecule has 2 aliphatic rings. The minimum atomic E-state index is -1.08. The van der Waals surface area contributed by atoms with Crippen molar-refractivity contribution in [3.63, 3.8) is 0 Å². The molecule has 0 bridgehead atoms. The second-order valence-corrected chi connectivity index (χ2v) is 11.0. The fourth-order valence-electron chi connectivity index (χ4n) is 5.88. The monoisotopic (exact) mass is 605 g/mol. The average Bonchev–Trinajstić information content (AvgIpc) is 3.47. The molecule has 2 aromatic heterocycles. The number of hydrogen-bond acceptors (Lipinski definition) is 8. The van der Waals surface area contributed by atoms with Crippen LogP contribution in [0.25, 0.3) is 16.9 Å². The summed E-state index contributed by atoms with van der Waals surface area (Å²) >= 11 is 0. The molecular formula is C31H33F2N7O4. The fourth-order valence-corrected chi connectivity index (χ4v) is 5.88. The molecule has 3 N–H and O–H groups in total. The molecule has 1 unspecified atom stereocenters. The number of amides is 2. The summed E-state index contributed by atoms with van der Waals surface area (Å²) in [6, 6.07) is 8.14. The number of nitrogens with zero attached hydrogens (tertiary/aromatic N) is 5. The van der Waals surface area contributed by atoms with Gasteiger partial charge in [0, 0.05) is 61.9 Å². The Balaban J connectivity index is 1.14. The Morgan fingerprint density at radius 3 is 2.57 bits per heavy atom. The lowest BCUT2D eigenvalue weighted by atomic mass is 9.93. The zero-order valence-electron chi connectivity index (χ0n) is 24.4. The smallest absolute Gasteiger partial charge is 0.254 e. The predicted molar refractivity (Wildman–Crippen MR) is 159 cm³/mol. The van der Waals surface area contributed by atoms with Gasteiger partial charge in [0.1, 0.15) is 0 Å². The maximum absolute atomic E-state index is 14.8. The molecule has 2 aliphatic heterocycles. The van der Waals surface area contributed by atoms with Gasteiger partial charge in [-0.1, -0.05) is 0 Å².